The molecule has 2 aromatic rings. The van der Waals surface area contributed by atoms with E-state index in [1.807, 2.05) is 36.4 Å². The predicted molar refractivity (Wildman–Crippen MR) is 94.4 cm³/mol. The molecule has 6 heteroatoms. The zero-order valence-electron chi connectivity index (χ0n) is 14.4. The molecule has 2 aromatic carbocycles. The maximum atomic E-state index is 12.0. The van der Waals surface area contributed by atoms with Crippen molar-refractivity contribution in [1.82, 2.24) is 5.01 Å². The highest BCUT2D eigenvalue weighted by atomic mass is 16.5. The molecule has 6 nitrogen and oxygen atoms in total. The minimum Gasteiger partial charge on any atom is -0.468 e. The summed E-state index contributed by atoms with van der Waals surface area (Å²) in [7, 11) is 2.95. The van der Waals surface area contributed by atoms with Crippen molar-refractivity contribution in [3.8, 4) is 17.2 Å². The molecule has 0 aromatic heterocycles. The number of hydrogen-bond acceptors (Lipinski definition) is 5. The Hall–Kier alpha value is -3.17. The lowest BCUT2D eigenvalue weighted by Crippen LogP contribution is -2.46. The van der Waals surface area contributed by atoms with Crippen LogP contribution in [0.25, 0.3) is 11.1 Å². The Morgan fingerprint density at radius 2 is 1.56 bits per heavy atom. The summed E-state index contributed by atoms with van der Waals surface area (Å²) < 4.78 is 4.64. The minimum atomic E-state index is -0.428. The van der Waals surface area contributed by atoms with Crippen molar-refractivity contribution in [1.29, 1.82) is 5.26 Å². The van der Waals surface area contributed by atoms with Gasteiger partial charge in [-0.15, -0.1) is 0 Å². The summed E-state index contributed by atoms with van der Waals surface area (Å²) in [6.07, 6.45) is 0. The minimum absolute atomic E-state index is 0.0343. The molecule has 0 radical (unpaired) electrons. The van der Waals surface area contributed by atoms with Gasteiger partial charge in [0.15, 0.2) is 0 Å². The van der Waals surface area contributed by atoms with Crippen LogP contribution < -0.4 is 5.01 Å². The monoisotopic (exact) mass is 337 g/mol. The Morgan fingerprint density at radius 3 is 2.00 bits per heavy atom. The number of benzene rings is 2. The van der Waals surface area contributed by atoms with Gasteiger partial charge in [0.25, 0.3) is 0 Å². The van der Waals surface area contributed by atoms with Gasteiger partial charge in [0.05, 0.1) is 24.4 Å². The molecular formula is C19H19N3O3. The fraction of sp³-hybridized carbons (Fsp3) is 0.211. The largest absolute Gasteiger partial charge is 0.468 e. The van der Waals surface area contributed by atoms with Gasteiger partial charge in [-0.2, -0.15) is 5.26 Å². The van der Waals surface area contributed by atoms with Gasteiger partial charge in [-0.1, -0.05) is 24.3 Å². The van der Waals surface area contributed by atoms with Gasteiger partial charge in [-0.3, -0.25) is 9.59 Å². The quantitative estimate of drug-likeness (QED) is 0.619. The van der Waals surface area contributed by atoms with Crippen LogP contribution in [0.15, 0.2) is 48.5 Å². The van der Waals surface area contributed by atoms with Gasteiger partial charge in [-0.25, -0.2) is 10.0 Å². The molecule has 0 heterocycles. The van der Waals surface area contributed by atoms with Crippen molar-refractivity contribution >= 4 is 17.6 Å². The van der Waals surface area contributed by atoms with Crippen molar-refractivity contribution in [3.63, 3.8) is 0 Å². The van der Waals surface area contributed by atoms with Crippen molar-refractivity contribution in [3.05, 3.63) is 54.1 Å². The van der Waals surface area contributed by atoms with Crippen LogP contribution in [0.3, 0.4) is 0 Å². The SMILES string of the molecule is COC(=O)CN(C)N(C(C)=O)c1ccc(-c2ccc(C#N)cc2)cc1. The molecule has 2 rings (SSSR count). The highest BCUT2D eigenvalue weighted by molar-refractivity contribution is 5.91. The number of rotatable bonds is 5. The summed E-state index contributed by atoms with van der Waals surface area (Å²) in [6, 6.07) is 16.7. The smallest absolute Gasteiger partial charge is 0.321 e. The summed E-state index contributed by atoms with van der Waals surface area (Å²) >= 11 is 0. The van der Waals surface area contributed by atoms with Gasteiger partial charge in [0.2, 0.25) is 5.91 Å². The van der Waals surface area contributed by atoms with Crippen LogP contribution in [0.4, 0.5) is 5.69 Å². The number of carbonyl (C=O) groups excluding carboxylic acids is 2. The number of methoxy groups -OCH3 is 1. The van der Waals surface area contributed by atoms with Crippen LogP contribution in [0.2, 0.25) is 0 Å². The van der Waals surface area contributed by atoms with Crippen LogP contribution >= 0.6 is 0 Å². The van der Waals surface area contributed by atoms with Crippen LogP contribution in [-0.4, -0.2) is 37.6 Å². The Balaban J connectivity index is 2.24. The molecule has 0 unspecified atom stereocenters. The summed E-state index contributed by atoms with van der Waals surface area (Å²) in [4.78, 5) is 23.4. The molecule has 0 atom stereocenters. The Morgan fingerprint density at radius 1 is 1.04 bits per heavy atom. The van der Waals surface area contributed by atoms with Crippen molar-refractivity contribution in [2.45, 2.75) is 6.92 Å². The van der Waals surface area contributed by atoms with Crippen molar-refractivity contribution in [2.75, 3.05) is 25.7 Å². The summed E-state index contributed by atoms with van der Waals surface area (Å²) in [5.74, 6) is -0.638. The first kappa shape index (κ1) is 18.2. The standard InChI is InChI=1S/C19H19N3O3/c1-14(23)22(21(2)13-19(24)25-3)18-10-8-17(9-11-18)16-6-4-15(12-20)5-7-16/h4-11H,13H2,1-3H3. The number of likely N-dealkylation sites (N-methyl/N-ethyl adjacent to an activating group) is 1. The molecule has 0 bridgehead atoms. The number of nitrogens with zero attached hydrogens (tertiary/aromatic N) is 3. The Bertz CT molecular complexity index is 792. The Kier molecular flexibility index (Phi) is 5.88. The molecule has 1 amide bonds. The number of nitriles is 1. The number of hydrogen-bond donors (Lipinski definition) is 0. The lowest BCUT2D eigenvalue weighted by atomic mass is 10.0. The second kappa shape index (κ2) is 8.08. The predicted octanol–water partition coefficient (Wildman–Crippen LogP) is 2.60. The zero-order valence-corrected chi connectivity index (χ0v) is 14.4. The normalized spacial score (nSPS) is 10.2. The Labute approximate surface area is 146 Å². The lowest BCUT2D eigenvalue weighted by Gasteiger charge is -2.30. The summed E-state index contributed by atoms with van der Waals surface area (Å²) in [6.45, 7) is 1.40. The molecule has 0 saturated carbocycles. The van der Waals surface area contributed by atoms with E-state index in [1.54, 1.807) is 19.2 Å². The van der Waals surface area contributed by atoms with Crippen LogP contribution in [0, 0.1) is 11.3 Å². The maximum absolute atomic E-state index is 12.0. The number of amides is 1. The van der Waals surface area contributed by atoms with E-state index in [1.165, 1.54) is 24.1 Å². The molecule has 0 aliphatic heterocycles. The van der Waals surface area contributed by atoms with Crippen molar-refractivity contribution < 1.29 is 14.3 Å². The fourth-order valence-corrected chi connectivity index (χ4v) is 2.47. The number of carbonyl (C=O) groups is 2. The van der Waals surface area contributed by atoms with E-state index >= 15 is 0 Å². The van der Waals surface area contributed by atoms with E-state index < -0.39 is 5.97 Å². The van der Waals surface area contributed by atoms with Gasteiger partial charge >= 0.3 is 5.97 Å². The van der Waals surface area contributed by atoms with Gasteiger partial charge in [-0.05, 0) is 35.4 Å². The maximum Gasteiger partial charge on any atom is 0.321 e. The molecular weight excluding hydrogens is 318 g/mol. The van der Waals surface area contributed by atoms with Gasteiger partial charge < -0.3 is 4.74 Å². The van der Waals surface area contributed by atoms with Crippen LogP contribution in [-0.2, 0) is 14.3 Å². The van der Waals surface area contributed by atoms with Gasteiger partial charge in [0.1, 0.15) is 6.54 Å². The van der Waals surface area contributed by atoms with Gasteiger partial charge in [0, 0.05) is 14.0 Å². The van der Waals surface area contributed by atoms with E-state index in [0.29, 0.717) is 11.3 Å². The van der Waals surface area contributed by atoms with Crippen LogP contribution in [0.5, 0.6) is 0 Å². The van der Waals surface area contributed by atoms with Crippen molar-refractivity contribution in [2.24, 2.45) is 0 Å². The molecule has 0 aliphatic carbocycles. The lowest BCUT2D eigenvalue weighted by molar-refractivity contribution is -0.142. The molecule has 0 aliphatic rings. The average molecular weight is 337 g/mol. The third-order valence-corrected chi connectivity index (χ3v) is 3.68. The van der Waals surface area contributed by atoms with E-state index in [9.17, 15) is 9.59 Å². The average Bonchev–Trinajstić information content (AvgIpc) is 2.62. The second-order valence-electron chi connectivity index (χ2n) is 5.46. The first-order chi connectivity index (χ1) is 12.0. The van der Waals surface area contributed by atoms with E-state index in [2.05, 4.69) is 10.8 Å². The third-order valence-electron chi connectivity index (χ3n) is 3.68. The first-order valence-electron chi connectivity index (χ1n) is 7.65. The molecule has 0 fully saturated rings. The number of ether oxygens (including phenoxy) is 1. The number of anilines is 1. The van der Waals surface area contributed by atoms with Crippen LogP contribution in [0.1, 0.15) is 12.5 Å². The molecule has 128 valence electrons. The molecule has 0 spiro atoms. The summed E-state index contributed by atoms with van der Waals surface area (Å²) in [5.41, 5.74) is 3.19. The van der Waals surface area contributed by atoms with E-state index in [0.717, 1.165) is 11.1 Å². The number of hydrazine groups is 1. The first-order valence-corrected chi connectivity index (χ1v) is 7.65. The van der Waals surface area contributed by atoms with E-state index in [4.69, 9.17) is 5.26 Å². The topological polar surface area (TPSA) is 73.6 Å². The summed E-state index contributed by atoms with van der Waals surface area (Å²) in [5, 5.41) is 11.8. The number of esters is 1. The molecule has 0 N–H and O–H groups in total. The fourth-order valence-electron chi connectivity index (χ4n) is 2.47. The zero-order chi connectivity index (χ0) is 18.4. The molecule has 0 saturated heterocycles. The van der Waals surface area contributed by atoms with E-state index in [-0.39, 0.29) is 12.5 Å². The third kappa shape index (κ3) is 4.43. The highest BCUT2D eigenvalue weighted by Gasteiger charge is 2.19. The molecule has 25 heavy (non-hydrogen) atoms. The highest BCUT2D eigenvalue weighted by Crippen LogP contribution is 2.24. The second-order valence-corrected chi connectivity index (χ2v) is 5.46.